The Morgan fingerprint density at radius 1 is 1.06 bits per heavy atom. The minimum absolute atomic E-state index is 0.00472. The van der Waals surface area contributed by atoms with Crippen LogP contribution in [0.3, 0.4) is 0 Å². The van der Waals surface area contributed by atoms with E-state index in [1.807, 2.05) is 0 Å². The summed E-state index contributed by atoms with van der Waals surface area (Å²) in [6.07, 6.45) is 2.81. The summed E-state index contributed by atoms with van der Waals surface area (Å²) >= 11 is 6.10. The van der Waals surface area contributed by atoms with Crippen LogP contribution in [0.5, 0.6) is 0 Å². The van der Waals surface area contributed by atoms with Gasteiger partial charge in [-0.2, -0.15) is 0 Å². The summed E-state index contributed by atoms with van der Waals surface area (Å²) in [4.78, 5) is 7.66. The number of aromatic nitrogens is 2. The van der Waals surface area contributed by atoms with Crippen molar-refractivity contribution >= 4 is 43.4 Å². The molecule has 0 saturated heterocycles. The second kappa shape index (κ2) is 5.05. The van der Waals surface area contributed by atoms with Crippen molar-refractivity contribution in [2.45, 2.75) is 0 Å². The van der Waals surface area contributed by atoms with E-state index < -0.39 is 11.6 Å². The third-order valence-electron chi connectivity index (χ3n) is 1.93. The molecule has 0 aliphatic rings. The molecule has 1 aromatic carbocycles. The Bertz CT molecular complexity index is 563. The van der Waals surface area contributed by atoms with E-state index in [1.54, 1.807) is 0 Å². The molecule has 1 aromatic heterocycles. The molecule has 0 amide bonds. The summed E-state index contributed by atoms with van der Waals surface area (Å²) in [6.45, 7) is 0. The van der Waals surface area contributed by atoms with Crippen LogP contribution in [0.2, 0.25) is 0 Å². The van der Waals surface area contributed by atoms with Crippen LogP contribution >= 0.6 is 31.9 Å². The van der Waals surface area contributed by atoms with Gasteiger partial charge in [-0.05, 0) is 37.9 Å². The van der Waals surface area contributed by atoms with Gasteiger partial charge in [-0.15, -0.1) is 0 Å². The van der Waals surface area contributed by atoms with Crippen molar-refractivity contribution in [3.05, 3.63) is 45.2 Å². The average molecular weight is 365 g/mol. The van der Waals surface area contributed by atoms with Gasteiger partial charge >= 0.3 is 0 Å². The molecule has 0 saturated carbocycles. The first-order valence-electron chi connectivity index (χ1n) is 4.45. The van der Waals surface area contributed by atoms with Crippen LogP contribution in [0.25, 0.3) is 0 Å². The molecule has 2 rings (SSSR count). The van der Waals surface area contributed by atoms with E-state index in [9.17, 15) is 8.78 Å². The number of rotatable bonds is 2. The van der Waals surface area contributed by atoms with Gasteiger partial charge in [0.2, 0.25) is 0 Å². The fourth-order valence-corrected chi connectivity index (χ4v) is 1.79. The highest BCUT2D eigenvalue weighted by molar-refractivity contribution is 9.10. The smallest absolute Gasteiger partial charge is 0.148 e. The van der Waals surface area contributed by atoms with Crippen LogP contribution in [0.15, 0.2) is 33.6 Å². The van der Waals surface area contributed by atoms with E-state index in [0.29, 0.717) is 10.3 Å². The summed E-state index contributed by atoms with van der Waals surface area (Å²) in [5, 5.41) is 2.67. The first kappa shape index (κ1) is 12.4. The lowest BCUT2D eigenvalue weighted by Crippen LogP contribution is -1.98. The average Bonchev–Trinajstić information content (AvgIpc) is 2.29. The quantitative estimate of drug-likeness (QED) is 0.818. The van der Waals surface area contributed by atoms with Gasteiger partial charge in [-0.25, -0.2) is 18.7 Å². The van der Waals surface area contributed by atoms with Crippen LogP contribution in [0.1, 0.15) is 0 Å². The summed E-state index contributed by atoms with van der Waals surface area (Å²) in [5.41, 5.74) is 0.00472. The Balaban J connectivity index is 2.37. The third kappa shape index (κ3) is 2.78. The molecule has 1 N–H and O–H groups in total. The predicted molar refractivity (Wildman–Crippen MR) is 67.1 cm³/mol. The Kier molecular flexibility index (Phi) is 3.68. The van der Waals surface area contributed by atoms with Gasteiger partial charge in [-0.1, -0.05) is 0 Å². The standard InChI is InChI=1S/C10H5Br2F2N3/c11-5-1-8(14)9(2-7(5)13)17-10-6(12)3-15-4-16-10/h1-4H,(H,15,16,17). The summed E-state index contributed by atoms with van der Waals surface area (Å²) in [7, 11) is 0. The van der Waals surface area contributed by atoms with Crippen LogP contribution in [-0.2, 0) is 0 Å². The summed E-state index contributed by atoms with van der Waals surface area (Å²) < 4.78 is 27.4. The van der Waals surface area contributed by atoms with E-state index >= 15 is 0 Å². The number of nitrogens with zero attached hydrogens (tertiary/aromatic N) is 2. The van der Waals surface area contributed by atoms with Crippen LogP contribution in [0.4, 0.5) is 20.3 Å². The molecule has 7 heteroatoms. The van der Waals surface area contributed by atoms with Crippen LogP contribution in [-0.4, -0.2) is 9.97 Å². The molecule has 0 bridgehead atoms. The van der Waals surface area contributed by atoms with Crippen molar-refractivity contribution in [3.8, 4) is 0 Å². The molecule has 0 unspecified atom stereocenters. The molecule has 0 fully saturated rings. The Hall–Kier alpha value is -1.08. The van der Waals surface area contributed by atoms with E-state index in [1.165, 1.54) is 12.5 Å². The third-order valence-corrected chi connectivity index (χ3v) is 3.12. The van der Waals surface area contributed by atoms with Gasteiger partial charge in [0, 0.05) is 12.3 Å². The highest BCUT2D eigenvalue weighted by Gasteiger charge is 2.10. The van der Waals surface area contributed by atoms with Gasteiger partial charge in [0.05, 0.1) is 14.6 Å². The minimum atomic E-state index is -0.580. The highest BCUT2D eigenvalue weighted by Crippen LogP contribution is 2.27. The summed E-state index contributed by atoms with van der Waals surface area (Å²) in [5.74, 6) is -0.775. The molecule has 0 aliphatic heterocycles. The van der Waals surface area contributed by atoms with E-state index in [0.717, 1.165) is 12.1 Å². The van der Waals surface area contributed by atoms with E-state index in [2.05, 4.69) is 47.1 Å². The Morgan fingerprint density at radius 2 is 1.82 bits per heavy atom. The zero-order valence-corrected chi connectivity index (χ0v) is 11.4. The number of halogens is 4. The molecule has 0 radical (unpaired) electrons. The molecular formula is C10H5Br2F2N3. The molecule has 3 nitrogen and oxygen atoms in total. The fourth-order valence-electron chi connectivity index (χ4n) is 1.15. The van der Waals surface area contributed by atoms with Crippen molar-refractivity contribution in [1.82, 2.24) is 9.97 Å². The van der Waals surface area contributed by atoms with Gasteiger partial charge in [0.15, 0.2) is 0 Å². The zero-order valence-electron chi connectivity index (χ0n) is 8.22. The largest absolute Gasteiger partial charge is 0.337 e. The molecule has 0 aliphatic carbocycles. The lowest BCUT2D eigenvalue weighted by Gasteiger charge is -2.08. The first-order valence-corrected chi connectivity index (χ1v) is 6.03. The molecular weight excluding hydrogens is 360 g/mol. The summed E-state index contributed by atoms with van der Waals surface area (Å²) in [6, 6.07) is 2.10. The SMILES string of the molecule is Fc1cc(Nc2ncncc2Br)c(F)cc1Br. The van der Waals surface area contributed by atoms with E-state index in [-0.39, 0.29) is 10.2 Å². The lowest BCUT2D eigenvalue weighted by atomic mass is 10.3. The lowest BCUT2D eigenvalue weighted by molar-refractivity contribution is 0.597. The molecule has 1 heterocycles. The van der Waals surface area contributed by atoms with Crippen molar-refractivity contribution in [1.29, 1.82) is 0 Å². The molecule has 0 atom stereocenters. The molecule has 2 aromatic rings. The fraction of sp³-hybridized carbons (Fsp3) is 0. The monoisotopic (exact) mass is 363 g/mol. The Morgan fingerprint density at radius 3 is 2.53 bits per heavy atom. The van der Waals surface area contributed by atoms with Crippen molar-refractivity contribution < 1.29 is 8.78 Å². The second-order valence-corrected chi connectivity index (χ2v) is 4.80. The highest BCUT2D eigenvalue weighted by atomic mass is 79.9. The van der Waals surface area contributed by atoms with Crippen LogP contribution in [0, 0.1) is 11.6 Å². The second-order valence-electron chi connectivity index (χ2n) is 3.09. The number of anilines is 2. The van der Waals surface area contributed by atoms with Gasteiger partial charge in [0.25, 0.3) is 0 Å². The van der Waals surface area contributed by atoms with Crippen molar-refractivity contribution in [3.63, 3.8) is 0 Å². The molecule has 88 valence electrons. The first-order chi connectivity index (χ1) is 8.08. The van der Waals surface area contributed by atoms with Gasteiger partial charge in [0.1, 0.15) is 23.8 Å². The zero-order chi connectivity index (χ0) is 12.4. The molecule has 0 spiro atoms. The number of benzene rings is 1. The maximum Gasteiger partial charge on any atom is 0.148 e. The van der Waals surface area contributed by atoms with Crippen molar-refractivity contribution in [2.75, 3.05) is 5.32 Å². The minimum Gasteiger partial charge on any atom is -0.337 e. The van der Waals surface area contributed by atoms with Crippen molar-refractivity contribution in [2.24, 2.45) is 0 Å². The predicted octanol–water partition coefficient (Wildman–Crippen LogP) is 4.02. The molecule has 17 heavy (non-hydrogen) atoms. The normalized spacial score (nSPS) is 10.4. The Labute approximate surface area is 113 Å². The van der Waals surface area contributed by atoms with Gasteiger partial charge in [-0.3, -0.25) is 0 Å². The maximum absolute atomic E-state index is 13.5. The maximum atomic E-state index is 13.5. The van der Waals surface area contributed by atoms with Gasteiger partial charge < -0.3 is 5.32 Å². The number of hydrogen-bond donors (Lipinski definition) is 1. The number of hydrogen-bond acceptors (Lipinski definition) is 3. The number of nitrogens with one attached hydrogen (secondary N) is 1. The van der Waals surface area contributed by atoms with E-state index in [4.69, 9.17) is 0 Å². The van der Waals surface area contributed by atoms with Crippen LogP contribution < -0.4 is 5.32 Å². The topological polar surface area (TPSA) is 37.8 Å².